The van der Waals surface area contributed by atoms with Crippen molar-refractivity contribution in [3.8, 4) is 5.75 Å². The Labute approximate surface area is 120 Å². The van der Waals surface area contributed by atoms with E-state index in [2.05, 4.69) is 19.2 Å². The summed E-state index contributed by atoms with van der Waals surface area (Å²) in [6.07, 6.45) is 3.40. The number of hydrogen-bond acceptors (Lipinski definition) is 3. The minimum Gasteiger partial charge on any atom is -0.497 e. The lowest BCUT2D eigenvalue weighted by Crippen LogP contribution is -2.42. The molecule has 3 atom stereocenters. The van der Waals surface area contributed by atoms with Gasteiger partial charge in [-0.1, -0.05) is 13.8 Å². The van der Waals surface area contributed by atoms with Gasteiger partial charge in [0, 0.05) is 23.4 Å². The molecule has 3 unspecified atom stereocenters. The number of nitrogens with two attached hydrogens (primary N) is 1. The molecule has 4 heteroatoms. The first-order valence-corrected chi connectivity index (χ1v) is 7.25. The Bertz CT molecular complexity index is 487. The van der Waals surface area contributed by atoms with Crippen LogP contribution in [0, 0.1) is 11.8 Å². The average Bonchev–Trinajstić information content (AvgIpc) is 2.41. The third-order valence-electron chi connectivity index (χ3n) is 4.17. The first kappa shape index (κ1) is 14.7. The second-order valence-corrected chi connectivity index (χ2v) is 5.97. The summed E-state index contributed by atoms with van der Waals surface area (Å²) in [6.45, 7) is 4.48. The highest BCUT2D eigenvalue weighted by Gasteiger charge is 2.26. The van der Waals surface area contributed by atoms with Crippen LogP contribution in [-0.2, 0) is 0 Å². The fraction of sp³-hybridized carbons (Fsp3) is 0.562. The SMILES string of the molecule is COc1cc(N)cc(C(=O)NC2CCC(C)CC2C)c1. The largest absolute Gasteiger partial charge is 0.497 e. The minimum atomic E-state index is -0.0676. The maximum Gasteiger partial charge on any atom is 0.251 e. The van der Waals surface area contributed by atoms with Crippen molar-refractivity contribution in [1.29, 1.82) is 0 Å². The smallest absolute Gasteiger partial charge is 0.251 e. The van der Waals surface area contributed by atoms with Crippen molar-refractivity contribution in [2.24, 2.45) is 11.8 Å². The molecule has 1 amide bonds. The summed E-state index contributed by atoms with van der Waals surface area (Å²) >= 11 is 0. The van der Waals surface area contributed by atoms with E-state index in [1.807, 2.05) is 0 Å². The van der Waals surface area contributed by atoms with Crippen molar-refractivity contribution in [1.82, 2.24) is 5.32 Å². The summed E-state index contributed by atoms with van der Waals surface area (Å²) in [5.41, 5.74) is 6.90. The van der Waals surface area contributed by atoms with Crippen molar-refractivity contribution in [3.63, 3.8) is 0 Å². The van der Waals surface area contributed by atoms with Crippen molar-refractivity contribution in [3.05, 3.63) is 23.8 Å². The van der Waals surface area contributed by atoms with Crippen LogP contribution in [0.1, 0.15) is 43.5 Å². The number of benzene rings is 1. The number of nitrogens with one attached hydrogen (secondary N) is 1. The molecule has 1 aromatic rings. The lowest BCUT2D eigenvalue weighted by molar-refractivity contribution is 0.0899. The van der Waals surface area contributed by atoms with E-state index >= 15 is 0 Å². The summed E-state index contributed by atoms with van der Waals surface area (Å²) in [5, 5.41) is 3.13. The Kier molecular flexibility index (Phi) is 4.53. The van der Waals surface area contributed by atoms with E-state index in [4.69, 9.17) is 10.5 Å². The standard InChI is InChI=1S/C16H24N2O2/c1-10-4-5-15(11(2)6-10)18-16(19)12-7-13(17)9-14(8-12)20-3/h7-11,15H,4-6,17H2,1-3H3,(H,18,19). The predicted molar refractivity (Wildman–Crippen MR) is 80.8 cm³/mol. The summed E-state index contributed by atoms with van der Waals surface area (Å²) in [5.74, 6) is 1.82. The first-order valence-electron chi connectivity index (χ1n) is 7.25. The molecule has 0 saturated heterocycles. The molecular formula is C16H24N2O2. The quantitative estimate of drug-likeness (QED) is 0.834. The first-order chi connectivity index (χ1) is 9.49. The highest BCUT2D eigenvalue weighted by atomic mass is 16.5. The molecular weight excluding hydrogens is 252 g/mol. The van der Waals surface area contributed by atoms with Crippen LogP contribution in [0.5, 0.6) is 5.75 Å². The fourth-order valence-electron chi connectivity index (χ4n) is 3.00. The van der Waals surface area contributed by atoms with Crippen molar-refractivity contribution >= 4 is 11.6 Å². The topological polar surface area (TPSA) is 64.3 Å². The molecule has 0 aromatic heterocycles. The number of anilines is 1. The normalized spacial score (nSPS) is 26.1. The van der Waals surface area contributed by atoms with E-state index in [9.17, 15) is 4.79 Å². The summed E-state index contributed by atoms with van der Waals surface area (Å²) in [6, 6.07) is 5.38. The third kappa shape index (κ3) is 3.44. The maximum atomic E-state index is 12.3. The van der Waals surface area contributed by atoms with Crippen LogP contribution in [0.15, 0.2) is 18.2 Å². The van der Waals surface area contributed by atoms with Gasteiger partial charge in [-0.05, 0) is 43.2 Å². The molecule has 0 bridgehead atoms. The van der Waals surface area contributed by atoms with Crippen LogP contribution in [-0.4, -0.2) is 19.1 Å². The van der Waals surface area contributed by atoms with Crippen molar-refractivity contribution < 1.29 is 9.53 Å². The summed E-state index contributed by atoms with van der Waals surface area (Å²) in [4.78, 5) is 12.3. The zero-order valence-electron chi connectivity index (χ0n) is 12.5. The minimum absolute atomic E-state index is 0.0676. The molecule has 4 nitrogen and oxygen atoms in total. The number of methoxy groups -OCH3 is 1. The number of ether oxygens (including phenoxy) is 1. The van der Waals surface area contributed by atoms with Gasteiger partial charge in [-0.25, -0.2) is 0 Å². The van der Waals surface area contributed by atoms with Gasteiger partial charge in [-0.3, -0.25) is 4.79 Å². The lowest BCUT2D eigenvalue weighted by atomic mass is 9.80. The van der Waals surface area contributed by atoms with Crippen LogP contribution in [0.2, 0.25) is 0 Å². The monoisotopic (exact) mass is 276 g/mol. The number of hydrogen-bond donors (Lipinski definition) is 2. The number of nitrogen functional groups attached to an aromatic ring is 1. The van der Waals surface area contributed by atoms with Gasteiger partial charge in [0.2, 0.25) is 0 Å². The van der Waals surface area contributed by atoms with E-state index in [0.29, 0.717) is 22.9 Å². The van der Waals surface area contributed by atoms with E-state index in [0.717, 1.165) is 12.3 Å². The molecule has 1 fully saturated rings. The van der Waals surface area contributed by atoms with E-state index < -0.39 is 0 Å². The fourth-order valence-corrected chi connectivity index (χ4v) is 3.00. The molecule has 1 aromatic carbocycles. The van der Waals surface area contributed by atoms with Gasteiger partial charge in [-0.2, -0.15) is 0 Å². The summed E-state index contributed by atoms with van der Waals surface area (Å²) < 4.78 is 5.15. The Balaban J connectivity index is 2.06. The number of carbonyl (C=O) groups excluding carboxylic acids is 1. The van der Waals surface area contributed by atoms with Crippen molar-refractivity contribution in [2.45, 2.75) is 39.2 Å². The molecule has 0 heterocycles. The van der Waals surface area contributed by atoms with E-state index in [1.165, 1.54) is 12.8 Å². The van der Waals surface area contributed by atoms with Crippen LogP contribution < -0.4 is 15.8 Å². The molecule has 110 valence electrons. The Morgan fingerprint density at radius 1 is 1.30 bits per heavy atom. The molecule has 20 heavy (non-hydrogen) atoms. The van der Waals surface area contributed by atoms with Gasteiger partial charge < -0.3 is 15.8 Å². The van der Waals surface area contributed by atoms with Gasteiger partial charge in [0.15, 0.2) is 0 Å². The highest BCUT2D eigenvalue weighted by molar-refractivity contribution is 5.95. The molecule has 1 saturated carbocycles. The number of carbonyl (C=O) groups is 1. The van der Waals surface area contributed by atoms with Gasteiger partial charge >= 0.3 is 0 Å². The molecule has 1 aliphatic carbocycles. The second kappa shape index (κ2) is 6.16. The van der Waals surface area contributed by atoms with E-state index in [1.54, 1.807) is 25.3 Å². The molecule has 1 aliphatic rings. The molecule has 0 aliphatic heterocycles. The zero-order valence-corrected chi connectivity index (χ0v) is 12.5. The Hall–Kier alpha value is -1.71. The second-order valence-electron chi connectivity index (χ2n) is 5.97. The van der Waals surface area contributed by atoms with Crippen LogP contribution in [0.3, 0.4) is 0 Å². The molecule has 3 N–H and O–H groups in total. The van der Waals surface area contributed by atoms with E-state index in [-0.39, 0.29) is 11.9 Å². The highest BCUT2D eigenvalue weighted by Crippen LogP contribution is 2.29. The number of rotatable bonds is 3. The summed E-state index contributed by atoms with van der Waals surface area (Å²) in [7, 11) is 1.57. The van der Waals surface area contributed by atoms with Crippen LogP contribution in [0.25, 0.3) is 0 Å². The Morgan fingerprint density at radius 3 is 2.70 bits per heavy atom. The molecule has 2 rings (SSSR count). The van der Waals surface area contributed by atoms with Gasteiger partial charge in [0.25, 0.3) is 5.91 Å². The van der Waals surface area contributed by atoms with Crippen molar-refractivity contribution in [2.75, 3.05) is 12.8 Å². The Morgan fingerprint density at radius 2 is 2.05 bits per heavy atom. The van der Waals surface area contributed by atoms with Crippen LogP contribution in [0.4, 0.5) is 5.69 Å². The van der Waals surface area contributed by atoms with Gasteiger partial charge in [0.1, 0.15) is 5.75 Å². The lowest BCUT2D eigenvalue weighted by Gasteiger charge is -2.33. The zero-order chi connectivity index (χ0) is 14.7. The third-order valence-corrected chi connectivity index (χ3v) is 4.17. The molecule has 0 spiro atoms. The van der Waals surface area contributed by atoms with Gasteiger partial charge in [-0.15, -0.1) is 0 Å². The molecule has 0 radical (unpaired) electrons. The predicted octanol–water partition coefficient (Wildman–Crippen LogP) is 2.83. The maximum absolute atomic E-state index is 12.3. The van der Waals surface area contributed by atoms with Gasteiger partial charge in [0.05, 0.1) is 7.11 Å². The van der Waals surface area contributed by atoms with Crippen LogP contribution >= 0.6 is 0 Å². The average molecular weight is 276 g/mol. The number of amides is 1.